The number of aromatic amines is 1. The monoisotopic (exact) mass is 269 g/mol. The molecule has 4 nitrogen and oxygen atoms in total. The van der Waals surface area contributed by atoms with Crippen LogP contribution >= 0.6 is 23.2 Å². The second kappa shape index (κ2) is 4.77. The fourth-order valence-corrected chi connectivity index (χ4v) is 1.93. The molecule has 0 spiro atoms. The Kier molecular flexibility index (Phi) is 3.36. The highest BCUT2D eigenvalue weighted by Gasteiger charge is 2.15. The summed E-state index contributed by atoms with van der Waals surface area (Å²) in [7, 11) is 0. The fourth-order valence-electron chi connectivity index (χ4n) is 1.36. The van der Waals surface area contributed by atoms with E-state index in [1.165, 1.54) is 0 Å². The van der Waals surface area contributed by atoms with Gasteiger partial charge in [0, 0.05) is 5.56 Å². The van der Waals surface area contributed by atoms with E-state index in [2.05, 4.69) is 15.5 Å². The summed E-state index contributed by atoms with van der Waals surface area (Å²) in [6.07, 6.45) is 1.61. The van der Waals surface area contributed by atoms with Crippen molar-refractivity contribution < 1.29 is 4.79 Å². The summed E-state index contributed by atoms with van der Waals surface area (Å²) in [4.78, 5) is 12.0. The second-order valence-corrected chi connectivity index (χ2v) is 4.29. The number of nitrogens with zero attached hydrogens (tertiary/aromatic N) is 1. The van der Waals surface area contributed by atoms with Gasteiger partial charge in [0.25, 0.3) is 5.91 Å². The van der Waals surface area contributed by atoms with Crippen LogP contribution in [-0.2, 0) is 0 Å². The van der Waals surface area contributed by atoms with Gasteiger partial charge in [-0.05, 0) is 19.1 Å². The molecule has 0 fully saturated rings. The third-order valence-electron chi connectivity index (χ3n) is 2.26. The molecule has 0 aliphatic rings. The first kappa shape index (κ1) is 12.0. The lowest BCUT2D eigenvalue weighted by atomic mass is 10.2. The van der Waals surface area contributed by atoms with Crippen LogP contribution in [0.25, 0.3) is 0 Å². The van der Waals surface area contributed by atoms with Crippen molar-refractivity contribution >= 4 is 34.9 Å². The zero-order chi connectivity index (χ0) is 12.4. The van der Waals surface area contributed by atoms with E-state index in [-0.39, 0.29) is 11.5 Å². The predicted molar refractivity (Wildman–Crippen MR) is 67.7 cm³/mol. The molecule has 0 atom stereocenters. The molecule has 0 unspecified atom stereocenters. The van der Waals surface area contributed by atoms with Gasteiger partial charge in [-0.2, -0.15) is 5.10 Å². The average molecular weight is 270 g/mol. The van der Waals surface area contributed by atoms with Gasteiger partial charge in [-0.3, -0.25) is 9.89 Å². The highest BCUT2D eigenvalue weighted by Crippen LogP contribution is 2.25. The molecule has 1 heterocycles. The number of anilines is 1. The van der Waals surface area contributed by atoms with Crippen molar-refractivity contribution in [1.29, 1.82) is 0 Å². The number of amides is 1. The smallest absolute Gasteiger partial charge is 0.259 e. The van der Waals surface area contributed by atoms with E-state index in [0.717, 1.165) is 5.56 Å². The Balaban J connectivity index is 2.30. The maximum Gasteiger partial charge on any atom is 0.259 e. The third kappa shape index (κ3) is 2.43. The minimum atomic E-state index is -0.368. The number of benzene rings is 1. The summed E-state index contributed by atoms with van der Waals surface area (Å²) in [5.41, 5.74) is 1.09. The van der Waals surface area contributed by atoms with Crippen LogP contribution in [-0.4, -0.2) is 16.1 Å². The van der Waals surface area contributed by atoms with E-state index >= 15 is 0 Å². The lowest BCUT2D eigenvalue weighted by Crippen LogP contribution is -2.14. The highest BCUT2D eigenvalue weighted by molar-refractivity contribution is 6.40. The van der Waals surface area contributed by atoms with Crippen LogP contribution in [0.4, 0.5) is 5.82 Å². The first-order chi connectivity index (χ1) is 8.09. The van der Waals surface area contributed by atoms with E-state index in [0.29, 0.717) is 15.9 Å². The van der Waals surface area contributed by atoms with Gasteiger partial charge >= 0.3 is 0 Å². The van der Waals surface area contributed by atoms with Crippen molar-refractivity contribution in [2.24, 2.45) is 0 Å². The first-order valence-electron chi connectivity index (χ1n) is 4.85. The van der Waals surface area contributed by atoms with Crippen LogP contribution in [0.2, 0.25) is 10.0 Å². The molecule has 0 radical (unpaired) electrons. The van der Waals surface area contributed by atoms with Crippen LogP contribution in [0.3, 0.4) is 0 Å². The van der Waals surface area contributed by atoms with E-state index in [1.807, 2.05) is 6.92 Å². The van der Waals surface area contributed by atoms with Gasteiger partial charge in [-0.1, -0.05) is 29.3 Å². The number of aryl methyl sites for hydroxylation is 1. The van der Waals surface area contributed by atoms with Gasteiger partial charge in [0.15, 0.2) is 0 Å². The average Bonchev–Trinajstić information content (AvgIpc) is 2.64. The summed E-state index contributed by atoms with van der Waals surface area (Å²) in [6.45, 7) is 1.83. The van der Waals surface area contributed by atoms with E-state index < -0.39 is 0 Å². The number of rotatable bonds is 2. The van der Waals surface area contributed by atoms with Gasteiger partial charge in [0.05, 0.1) is 21.8 Å². The Hall–Kier alpha value is -1.52. The highest BCUT2D eigenvalue weighted by atomic mass is 35.5. The molecule has 1 amide bonds. The van der Waals surface area contributed by atoms with Crippen LogP contribution in [0.5, 0.6) is 0 Å². The molecule has 6 heteroatoms. The summed E-state index contributed by atoms with van der Waals surface area (Å²) in [5.74, 6) is 0.166. The molecule has 0 aliphatic heterocycles. The number of carbonyl (C=O) groups excluding carboxylic acids is 1. The minimum Gasteiger partial charge on any atom is -0.307 e. The topological polar surface area (TPSA) is 57.8 Å². The van der Waals surface area contributed by atoms with Crippen molar-refractivity contribution in [1.82, 2.24) is 10.2 Å². The Morgan fingerprint density at radius 1 is 1.35 bits per heavy atom. The number of H-pyrrole nitrogens is 1. The van der Waals surface area contributed by atoms with Gasteiger partial charge in [-0.25, -0.2) is 0 Å². The number of halogens is 2. The zero-order valence-electron chi connectivity index (χ0n) is 8.92. The maximum absolute atomic E-state index is 12.0. The number of nitrogens with one attached hydrogen (secondary N) is 2. The third-order valence-corrected chi connectivity index (χ3v) is 2.89. The Labute approximate surface area is 108 Å². The summed E-state index contributed by atoms with van der Waals surface area (Å²) in [6, 6.07) is 4.91. The summed E-state index contributed by atoms with van der Waals surface area (Å²) >= 11 is 11.9. The number of carbonyl (C=O) groups is 1. The molecule has 0 bridgehead atoms. The second-order valence-electron chi connectivity index (χ2n) is 3.48. The molecule has 1 aromatic carbocycles. The molecular weight excluding hydrogens is 261 g/mol. The van der Waals surface area contributed by atoms with Crippen LogP contribution in [0.1, 0.15) is 15.9 Å². The molecule has 2 aromatic rings. The van der Waals surface area contributed by atoms with E-state index in [4.69, 9.17) is 23.2 Å². The SMILES string of the molecule is Cc1cn[nH]c1NC(=O)c1c(Cl)cccc1Cl. The molecule has 2 rings (SSSR count). The predicted octanol–water partition coefficient (Wildman–Crippen LogP) is 3.28. The molecule has 0 saturated heterocycles. The fraction of sp³-hybridized carbons (Fsp3) is 0.0909. The van der Waals surface area contributed by atoms with E-state index in [1.54, 1.807) is 24.4 Å². The molecule has 17 heavy (non-hydrogen) atoms. The molecule has 1 aromatic heterocycles. The van der Waals surface area contributed by atoms with Crippen molar-refractivity contribution in [2.45, 2.75) is 6.92 Å². The van der Waals surface area contributed by atoms with E-state index in [9.17, 15) is 4.79 Å². The summed E-state index contributed by atoms with van der Waals surface area (Å²) < 4.78 is 0. The molecule has 0 saturated carbocycles. The van der Waals surface area contributed by atoms with Crippen LogP contribution in [0, 0.1) is 6.92 Å². The molecular formula is C11H9Cl2N3O. The minimum absolute atomic E-state index is 0.254. The van der Waals surface area contributed by atoms with Gasteiger partial charge in [-0.15, -0.1) is 0 Å². The van der Waals surface area contributed by atoms with Crippen molar-refractivity contribution in [3.8, 4) is 0 Å². The van der Waals surface area contributed by atoms with Gasteiger partial charge < -0.3 is 5.32 Å². The lowest BCUT2D eigenvalue weighted by molar-refractivity contribution is 0.102. The zero-order valence-corrected chi connectivity index (χ0v) is 10.4. The maximum atomic E-state index is 12.0. The standard InChI is InChI=1S/C11H9Cl2N3O/c1-6-5-14-16-10(6)15-11(17)9-7(12)3-2-4-8(9)13/h2-5H,1H3,(H2,14,15,16,17). The van der Waals surface area contributed by atoms with Crippen LogP contribution in [0.15, 0.2) is 24.4 Å². The number of hydrogen-bond donors (Lipinski definition) is 2. The molecule has 88 valence electrons. The van der Waals surface area contributed by atoms with Crippen molar-refractivity contribution in [3.63, 3.8) is 0 Å². The molecule has 0 aliphatic carbocycles. The molecule has 2 N–H and O–H groups in total. The number of hydrogen-bond acceptors (Lipinski definition) is 2. The van der Waals surface area contributed by atoms with Crippen molar-refractivity contribution in [3.05, 3.63) is 45.6 Å². The largest absolute Gasteiger partial charge is 0.307 e. The van der Waals surface area contributed by atoms with Crippen LogP contribution < -0.4 is 5.32 Å². The summed E-state index contributed by atoms with van der Waals surface area (Å²) in [5, 5.41) is 9.77. The number of aromatic nitrogens is 2. The Morgan fingerprint density at radius 3 is 2.53 bits per heavy atom. The lowest BCUT2D eigenvalue weighted by Gasteiger charge is -2.07. The quantitative estimate of drug-likeness (QED) is 0.879. The Bertz CT molecular complexity index is 545. The van der Waals surface area contributed by atoms with Gasteiger partial charge in [0.1, 0.15) is 5.82 Å². The normalized spacial score (nSPS) is 10.3. The Morgan fingerprint density at radius 2 is 2.00 bits per heavy atom. The first-order valence-corrected chi connectivity index (χ1v) is 5.60. The van der Waals surface area contributed by atoms with Gasteiger partial charge in [0.2, 0.25) is 0 Å². The van der Waals surface area contributed by atoms with Crippen molar-refractivity contribution in [2.75, 3.05) is 5.32 Å².